The van der Waals surface area contributed by atoms with Crippen LogP contribution in [-0.2, 0) is 16.1 Å². The molecule has 2 aromatic carbocycles. The smallest absolute Gasteiger partial charge is 0.255 e. The molecule has 0 radical (unpaired) electrons. The van der Waals surface area contributed by atoms with E-state index in [1.165, 1.54) is 5.56 Å². The van der Waals surface area contributed by atoms with E-state index in [0.29, 0.717) is 11.4 Å². The zero-order chi connectivity index (χ0) is 19.1. The van der Waals surface area contributed by atoms with Gasteiger partial charge in [0.25, 0.3) is 5.91 Å². The second-order valence-corrected chi connectivity index (χ2v) is 6.83. The highest BCUT2D eigenvalue weighted by Gasteiger charge is 2.25. The van der Waals surface area contributed by atoms with Gasteiger partial charge in [0, 0.05) is 18.8 Å². The lowest BCUT2D eigenvalue weighted by molar-refractivity contribution is -0.121. The number of amides is 2. The number of carbonyl (C=O) groups excluding carboxylic acids is 2. The molecule has 27 heavy (non-hydrogen) atoms. The lowest BCUT2D eigenvalue weighted by atomic mass is 9.96. The van der Waals surface area contributed by atoms with E-state index < -0.39 is 5.91 Å². The first kappa shape index (κ1) is 18.9. The number of nitrogens with one attached hydrogen (secondary N) is 1. The van der Waals surface area contributed by atoms with Crippen molar-refractivity contribution >= 4 is 17.5 Å². The molecule has 0 aromatic heterocycles. The van der Waals surface area contributed by atoms with Crippen molar-refractivity contribution in [1.82, 2.24) is 4.90 Å². The Morgan fingerprint density at radius 1 is 1.11 bits per heavy atom. The molecule has 0 aliphatic carbocycles. The fourth-order valence-corrected chi connectivity index (χ4v) is 3.29. The quantitative estimate of drug-likeness (QED) is 0.787. The first-order valence-electron chi connectivity index (χ1n) is 9.18. The third kappa shape index (κ3) is 5.82. The van der Waals surface area contributed by atoms with E-state index in [1.807, 2.05) is 18.2 Å². The van der Waals surface area contributed by atoms with Gasteiger partial charge in [-0.2, -0.15) is 0 Å². The Bertz CT molecular complexity index is 762. The van der Waals surface area contributed by atoms with Crippen molar-refractivity contribution in [2.45, 2.75) is 19.4 Å². The highest BCUT2D eigenvalue weighted by molar-refractivity contribution is 5.92. The highest BCUT2D eigenvalue weighted by Crippen LogP contribution is 2.21. The number of ether oxygens (including phenoxy) is 1. The van der Waals surface area contributed by atoms with Crippen molar-refractivity contribution in [3.8, 4) is 5.75 Å². The summed E-state index contributed by atoms with van der Waals surface area (Å²) in [6.45, 7) is 2.49. The lowest BCUT2D eigenvalue weighted by Crippen LogP contribution is -2.40. The summed E-state index contributed by atoms with van der Waals surface area (Å²) in [4.78, 5) is 25.7. The average Bonchev–Trinajstić information content (AvgIpc) is 2.68. The number of nitrogens with two attached hydrogens (primary N) is 1. The van der Waals surface area contributed by atoms with Crippen LogP contribution in [-0.4, -0.2) is 36.4 Å². The monoisotopic (exact) mass is 367 g/mol. The molecule has 0 saturated carbocycles. The van der Waals surface area contributed by atoms with Crippen molar-refractivity contribution in [1.29, 1.82) is 0 Å². The summed E-state index contributed by atoms with van der Waals surface area (Å²) in [5, 5.41) is 2.98. The number of primary amides is 1. The van der Waals surface area contributed by atoms with Gasteiger partial charge in [0.2, 0.25) is 5.91 Å². The van der Waals surface area contributed by atoms with Crippen LogP contribution >= 0.6 is 0 Å². The van der Waals surface area contributed by atoms with E-state index >= 15 is 0 Å². The number of carbonyl (C=O) groups is 2. The van der Waals surface area contributed by atoms with Gasteiger partial charge in [-0.25, -0.2) is 0 Å². The topological polar surface area (TPSA) is 84.7 Å². The predicted octanol–water partition coefficient (Wildman–Crippen LogP) is 2.40. The number of hydrogen-bond acceptors (Lipinski definition) is 4. The van der Waals surface area contributed by atoms with Crippen LogP contribution in [0.3, 0.4) is 0 Å². The van der Waals surface area contributed by atoms with Crippen LogP contribution in [0.4, 0.5) is 5.69 Å². The Morgan fingerprint density at radius 2 is 1.85 bits per heavy atom. The van der Waals surface area contributed by atoms with E-state index in [2.05, 4.69) is 22.3 Å². The molecule has 6 nitrogen and oxygen atoms in total. The largest absolute Gasteiger partial charge is 0.484 e. The van der Waals surface area contributed by atoms with Crippen molar-refractivity contribution in [2.24, 2.45) is 11.7 Å². The lowest BCUT2D eigenvalue weighted by Gasteiger charge is -2.32. The molecule has 142 valence electrons. The van der Waals surface area contributed by atoms with Crippen LogP contribution in [0.25, 0.3) is 0 Å². The van der Waals surface area contributed by atoms with E-state index in [9.17, 15) is 9.59 Å². The van der Waals surface area contributed by atoms with Crippen LogP contribution in [0.1, 0.15) is 18.4 Å². The molecule has 1 saturated heterocycles. The zero-order valence-corrected chi connectivity index (χ0v) is 15.3. The number of anilines is 1. The van der Waals surface area contributed by atoms with Gasteiger partial charge in [0.15, 0.2) is 6.61 Å². The van der Waals surface area contributed by atoms with Crippen LogP contribution in [0.5, 0.6) is 5.75 Å². The Kier molecular flexibility index (Phi) is 6.44. The van der Waals surface area contributed by atoms with Crippen LogP contribution < -0.4 is 15.8 Å². The normalized spacial score (nSPS) is 17.3. The summed E-state index contributed by atoms with van der Waals surface area (Å²) in [7, 11) is 0. The Balaban J connectivity index is 1.52. The molecular formula is C21H25N3O3. The summed E-state index contributed by atoms with van der Waals surface area (Å²) in [5.74, 6) is 0.0371. The minimum absolute atomic E-state index is 0.0201. The van der Waals surface area contributed by atoms with Crippen LogP contribution in [0, 0.1) is 5.92 Å². The van der Waals surface area contributed by atoms with Crippen molar-refractivity contribution in [3.05, 3.63) is 60.2 Å². The summed E-state index contributed by atoms with van der Waals surface area (Å²) >= 11 is 0. The van der Waals surface area contributed by atoms with Gasteiger partial charge >= 0.3 is 0 Å². The standard InChI is InChI=1S/C21H25N3O3/c22-20(25)15-27-19-10-8-18(9-11-19)23-21(26)17-7-4-12-24(14-17)13-16-5-2-1-3-6-16/h1-3,5-6,8-11,17H,4,7,12-15H2,(H2,22,25)(H,23,26). The summed E-state index contributed by atoms with van der Waals surface area (Å²) < 4.78 is 5.22. The molecule has 2 aromatic rings. The maximum Gasteiger partial charge on any atom is 0.255 e. The van der Waals surface area contributed by atoms with Gasteiger partial charge in [-0.05, 0) is 49.2 Å². The molecule has 0 spiro atoms. The zero-order valence-electron chi connectivity index (χ0n) is 15.3. The van der Waals surface area contributed by atoms with Gasteiger partial charge in [-0.3, -0.25) is 14.5 Å². The summed E-state index contributed by atoms with van der Waals surface area (Å²) in [6, 6.07) is 17.3. The molecule has 1 aliphatic heterocycles. The van der Waals surface area contributed by atoms with E-state index in [0.717, 1.165) is 32.5 Å². The number of benzene rings is 2. The van der Waals surface area contributed by atoms with Gasteiger partial charge in [-0.15, -0.1) is 0 Å². The van der Waals surface area contributed by atoms with Gasteiger partial charge in [-0.1, -0.05) is 30.3 Å². The van der Waals surface area contributed by atoms with E-state index in [4.69, 9.17) is 10.5 Å². The molecule has 6 heteroatoms. The summed E-state index contributed by atoms with van der Waals surface area (Å²) in [5.41, 5.74) is 7.04. The second-order valence-electron chi connectivity index (χ2n) is 6.83. The van der Waals surface area contributed by atoms with Crippen molar-refractivity contribution < 1.29 is 14.3 Å². The van der Waals surface area contributed by atoms with E-state index in [-0.39, 0.29) is 18.4 Å². The van der Waals surface area contributed by atoms with Crippen molar-refractivity contribution in [2.75, 3.05) is 25.0 Å². The summed E-state index contributed by atoms with van der Waals surface area (Å²) in [6.07, 6.45) is 1.92. The molecule has 2 amide bonds. The van der Waals surface area contributed by atoms with Crippen LogP contribution in [0.15, 0.2) is 54.6 Å². The first-order valence-corrected chi connectivity index (χ1v) is 9.18. The predicted molar refractivity (Wildman–Crippen MR) is 104 cm³/mol. The number of hydrogen-bond donors (Lipinski definition) is 2. The molecule has 1 atom stereocenters. The Hall–Kier alpha value is -2.86. The highest BCUT2D eigenvalue weighted by atomic mass is 16.5. The average molecular weight is 367 g/mol. The number of rotatable bonds is 7. The minimum atomic E-state index is -0.523. The SMILES string of the molecule is NC(=O)COc1ccc(NC(=O)C2CCCN(Cc3ccccc3)C2)cc1. The molecule has 0 bridgehead atoms. The maximum absolute atomic E-state index is 12.6. The Morgan fingerprint density at radius 3 is 2.56 bits per heavy atom. The van der Waals surface area contributed by atoms with Crippen LogP contribution in [0.2, 0.25) is 0 Å². The first-order chi connectivity index (χ1) is 13.1. The van der Waals surface area contributed by atoms with Gasteiger partial charge in [0.1, 0.15) is 5.75 Å². The number of piperidine rings is 1. The van der Waals surface area contributed by atoms with Crippen molar-refractivity contribution in [3.63, 3.8) is 0 Å². The maximum atomic E-state index is 12.6. The fourth-order valence-electron chi connectivity index (χ4n) is 3.29. The number of nitrogens with zero attached hydrogens (tertiary/aromatic N) is 1. The second kappa shape index (κ2) is 9.19. The number of likely N-dealkylation sites (tertiary alicyclic amines) is 1. The molecule has 1 fully saturated rings. The Labute approximate surface area is 159 Å². The molecule has 1 aliphatic rings. The van der Waals surface area contributed by atoms with Gasteiger partial charge in [0.05, 0.1) is 5.92 Å². The molecule has 3 N–H and O–H groups in total. The van der Waals surface area contributed by atoms with Gasteiger partial charge < -0.3 is 15.8 Å². The third-order valence-electron chi connectivity index (χ3n) is 4.63. The molecule has 1 heterocycles. The minimum Gasteiger partial charge on any atom is -0.484 e. The molecule has 3 rings (SSSR count). The molecular weight excluding hydrogens is 342 g/mol. The third-order valence-corrected chi connectivity index (χ3v) is 4.63. The fraction of sp³-hybridized carbons (Fsp3) is 0.333. The molecule has 1 unspecified atom stereocenters. The van der Waals surface area contributed by atoms with E-state index in [1.54, 1.807) is 24.3 Å².